The highest BCUT2D eigenvalue weighted by molar-refractivity contribution is 5.64. The van der Waals surface area contributed by atoms with E-state index in [1.165, 1.54) is 29.5 Å². The summed E-state index contributed by atoms with van der Waals surface area (Å²) < 4.78 is 7.84. The Labute approximate surface area is 164 Å². The molecule has 28 heavy (non-hydrogen) atoms. The van der Waals surface area contributed by atoms with Crippen LogP contribution in [0.1, 0.15) is 35.6 Å². The third-order valence-electron chi connectivity index (χ3n) is 5.53. The van der Waals surface area contributed by atoms with E-state index in [9.17, 15) is 0 Å². The largest absolute Gasteiger partial charge is 0.433 e. The predicted molar refractivity (Wildman–Crippen MR) is 107 cm³/mol. The molecule has 1 aliphatic heterocycles. The lowest BCUT2D eigenvalue weighted by atomic mass is 9.92. The fourth-order valence-corrected chi connectivity index (χ4v) is 3.83. The molecule has 0 bridgehead atoms. The van der Waals surface area contributed by atoms with Crippen molar-refractivity contribution in [2.24, 2.45) is 0 Å². The lowest BCUT2D eigenvalue weighted by molar-refractivity contribution is 0.312. The summed E-state index contributed by atoms with van der Waals surface area (Å²) in [5.41, 5.74) is 11.9. The molecule has 0 atom stereocenters. The van der Waals surface area contributed by atoms with E-state index in [1.807, 2.05) is 10.9 Å². The average molecular weight is 376 g/mol. The number of aromatic nitrogens is 4. The number of fused-ring (bicyclic) bond motifs is 1. The van der Waals surface area contributed by atoms with Gasteiger partial charge < -0.3 is 15.4 Å². The Morgan fingerprint density at radius 1 is 1.21 bits per heavy atom. The number of likely N-dealkylation sites (N-methyl/N-ethyl adjacent to an activating group) is 1. The van der Waals surface area contributed by atoms with Gasteiger partial charge in [-0.25, -0.2) is 9.97 Å². The molecule has 0 spiro atoms. The SMILES string of the molecule is Cc1cc(-c2cnc(N)c(Oc3cnn(C4CC4)c3)n2)cc2c1CCN(C)C2. The summed E-state index contributed by atoms with van der Waals surface area (Å²) in [5.74, 6) is 1.23. The number of aryl methyl sites for hydroxylation is 1. The van der Waals surface area contributed by atoms with Crippen LogP contribution < -0.4 is 10.5 Å². The van der Waals surface area contributed by atoms with Crippen LogP contribution in [0.4, 0.5) is 5.82 Å². The number of benzene rings is 1. The fraction of sp³-hybridized carbons (Fsp3) is 0.381. The first-order valence-electron chi connectivity index (χ1n) is 9.72. The maximum absolute atomic E-state index is 6.02. The topological polar surface area (TPSA) is 82.1 Å². The summed E-state index contributed by atoms with van der Waals surface area (Å²) >= 11 is 0. The van der Waals surface area contributed by atoms with Crippen molar-refractivity contribution in [2.75, 3.05) is 19.3 Å². The average Bonchev–Trinajstić information content (AvgIpc) is 3.42. The van der Waals surface area contributed by atoms with E-state index in [-0.39, 0.29) is 5.82 Å². The number of ether oxygens (including phenoxy) is 1. The van der Waals surface area contributed by atoms with Crippen LogP contribution in [-0.4, -0.2) is 38.2 Å². The van der Waals surface area contributed by atoms with E-state index >= 15 is 0 Å². The van der Waals surface area contributed by atoms with E-state index in [1.54, 1.807) is 12.4 Å². The maximum atomic E-state index is 6.02. The molecule has 7 nitrogen and oxygen atoms in total. The number of anilines is 1. The van der Waals surface area contributed by atoms with Crippen molar-refractivity contribution in [3.63, 3.8) is 0 Å². The maximum Gasteiger partial charge on any atom is 0.263 e. The zero-order valence-corrected chi connectivity index (χ0v) is 16.2. The molecule has 3 aromatic rings. The quantitative estimate of drug-likeness (QED) is 0.752. The first kappa shape index (κ1) is 17.2. The standard InChI is InChI=1S/C21H24N6O/c1-13-7-14(8-15-11-26(2)6-5-18(13)15)19-10-23-20(22)21(25-19)28-17-9-24-27(12-17)16-3-4-16/h7-10,12,16H,3-6,11H2,1-2H3,(H2,22,23). The van der Waals surface area contributed by atoms with Crippen LogP contribution in [0.5, 0.6) is 11.6 Å². The highest BCUT2D eigenvalue weighted by Gasteiger charge is 2.25. The second-order valence-corrected chi connectivity index (χ2v) is 7.85. The van der Waals surface area contributed by atoms with Gasteiger partial charge in [-0.2, -0.15) is 5.10 Å². The number of nitrogens with zero attached hydrogens (tertiary/aromatic N) is 5. The first-order chi connectivity index (χ1) is 13.6. The number of hydrogen-bond acceptors (Lipinski definition) is 6. The third kappa shape index (κ3) is 3.22. The van der Waals surface area contributed by atoms with Crippen molar-refractivity contribution < 1.29 is 4.74 Å². The van der Waals surface area contributed by atoms with Gasteiger partial charge in [0.05, 0.1) is 30.3 Å². The van der Waals surface area contributed by atoms with Crippen LogP contribution in [-0.2, 0) is 13.0 Å². The minimum absolute atomic E-state index is 0.275. The highest BCUT2D eigenvalue weighted by atomic mass is 16.5. The van der Waals surface area contributed by atoms with Crippen molar-refractivity contribution in [3.05, 3.63) is 47.4 Å². The number of rotatable bonds is 4. The van der Waals surface area contributed by atoms with Crippen molar-refractivity contribution in [2.45, 2.75) is 38.8 Å². The van der Waals surface area contributed by atoms with Crippen LogP contribution in [0.3, 0.4) is 0 Å². The molecule has 3 heterocycles. The van der Waals surface area contributed by atoms with Gasteiger partial charge in [0.25, 0.3) is 5.88 Å². The van der Waals surface area contributed by atoms with Gasteiger partial charge >= 0.3 is 0 Å². The zero-order valence-electron chi connectivity index (χ0n) is 16.2. The number of hydrogen-bond donors (Lipinski definition) is 1. The van der Waals surface area contributed by atoms with Crippen LogP contribution in [0.25, 0.3) is 11.3 Å². The van der Waals surface area contributed by atoms with Crippen molar-refractivity contribution >= 4 is 5.82 Å². The second-order valence-electron chi connectivity index (χ2n) is 7.85. The predicted octanol–water partition coefficient (Wildman–Crippen LogP) is 3.35. The van der Waals surface area contributed by atoms with Gasteiger partial charge in [-0.15, -0.1) is 0 Å². The zero-order chi connectivity index (χ0) is 19.3. The van der Waals surface area contributed by atoms with Gasteiger partial charge in [0, 0.05) is 18.7 Å². The van der Waals surface area contributed by atoms with E-state index in [4.69, 9.17) is 10.5 Å². The second kappa shape index (κ2) is 6.60. The molecule has 0 unspecified atom stereocenters. The molecular formula is C21H24N6O. The summed E-state index contributed by atoms with van der Waals surface area (Å²) in [5, 5.41) is 4.35. The Bertz CT molecular complexity index is 1040. The molecule has 0 saturated heterocycles. The molecule has 5 rings (SSSR count). The molecule has 1 aromatic carbocycles. The van der Waals surface area contributed by atoms with E-state index in [0.717, 1.165) is 30.8 Å². The van der Waals surface area contributed by atoms with Gasteiger partial charge in [0.15, 0.2) is 11.6 Å². The lowest BCUT2D eigenvalue weighted by Crippen LogP contribution is -2.27. The Hall–Kier alpha value is -2.93. The van der Waals surface area contributed by atoms with E-state index in [2.05, 4.69) is 46.1 Å². The summed E-state index contributed by atoms with van der Waals surface area (Å²) in [6.07, 6.45) is 8.74. The van der Waals surface area contributed by atoms with Gasteiger partial charge in [-0.1, -0.05) is 0 Å². The summed E-state index contributed by atoms with van der Waals surface area (Å²) in [6, 6.07) is 4.90. The summed E-state index contributed by atoms with van der Waals surface area (Å²) in [7, 11) is 2.15. The van der Waals surface area contributed by atoms with E-state index in [0.29, 0.717) is 17.7 Å². The van der Waals surface area contributed by atoms with Crippen molar-refractivity contribution in [1.29, 1.82) is 0 Å². The fourth-order valence-electron chi connectivity index (χ4n) is 3.83. The van der Waals surface area contributed by atoms with Gasteiger partial charge in [0.1, 0.15) is 0 Å². The van der Waals surface area contributed by atoms with Crippen molar-refractivity contribution in [3.8, 4) is 22.9 Å². The normalized spacial score (nSPS) is 16.8. The first-order valence-corrected chi connectivity index (χ1v) is 9.72. The molecule has 144 valence electrons. The van der Waals surface area contributed by atoms with Gasteiger partial charge in [0.2, 0.25) is 0 Å². The third-order valence-corrected chi connectivity index (χ3v) is 5.53. The molecule has 0 amide bonds. The molecule has 1 saturated carbocycles. The van der Waals surface area contributed by atoms with Crippen LogP contribution in [0, 0.1) is 6.92 Å². The molecule has 2 aliphatic rings. The summed E-state index contributed by atoms with van der Waals surface area (Å²) in [6.45, 7) is 4.22. The number of nitrogen functional groups attached to an aromatic ring is 1. The Kier molecular flexibility index (Phi) is 4.05. The van der Waals surface area contributed by atoms with Crippen LogP contribution >= 0.6 is 0 Å². The lowest BCUT2D eigenvalue weighted by Gasteiger charge is -2.27. The molecule has 0 radical (unpaired) electrons. The molecule has 7 heteroatoms. The monoisotopic (exact) mass is 376 g/mol. The smallest absolute Gasteiger partial charge is 0.263 e. The minimum atomic E-state index is 0.275. The molecule has 2 aromatic heterocycles. The van der Waals surface area contributed by atoms with Crippen LogP contribution in [0.2, 0.25) is 0 Å². The van der Waals surface area contributed by atoms with Crippen LogP contribution in [0.15, 0.2) is 30.7 Å². The highest BCUT2D eigenvalue weighted by Crippen LogP contribution is 2.36. The molecule has 1 fully saturated rings. The Morgan fingerprint density at radius 2 is 2.07 bits per heavy atom. The molecule has 2 N–H and O–H groups in total. The Morgan fingerprint density at radius 3 is 2.89 bits per heavy atom. The molecule has 1 aliphatic carbocycles. The summed E-state index contributed by atoms with van der Waals surface area (Å²) in [4.78, 5) is 11.3. The van der Waals surface area contributed by atoms with Crippen molar-refractivity contribution in [1.82, 2.24) is 24.6 Å². The number of nitrogens with two attached hydrogens (primary N) is 1. The van der Waals surface area contributed by atoms with Gasteiger partial charge in [-0.05, 0) is 62.1 Å². The molecular weight excluding hydrogens is 352 g/mol. The minimum Gasteiger partial charge on any atom is -0.433 e. The Balaban J connectivity index is 1.46. The van der Waals surface area contributed by atoms with E-state index < -0.39 is 0 Å². The van der Waals surface area contributed by atoms with Gasteiger partial charge in [-0.3, -0.25) is 4.68 Å².